The van der Waals surface area contributed by atoms with Gasteiger partial charge in [-0.25, -0.2) is 8.42 Å². The molecule has 0 aromatic heterocycles. The van der Waals surface area contributed by atoms with Crippen LogP contribution in [0.3, 0.4) is 0 Å². The summed E-state index contributed by atoms with van der Waals surface area (Å²) in [5, 5.41) is 0. The first-order chi connectivity index (χ1) is 9.29. The lowest BCUT2D eigenvalue weighted by Gasteiger charge is -2.30. The van der Waals surface area contributed by atoms with Crippen LogP contribution in [0, 0.1) is 5.92 Å². The van der Waals surface area contributed by atoms with Crippen molar-refractivity contribution in [2.24, 2.45) is 5.92 Å². The van der Waals surface area contributed by atoms with Crippen LogP contribution in [0.1, 0.15) is 29.6 Å². The Hall–Kier alpha value is -0.590. The molecule has 1 aromatic carbocycles. The minimum Gasteiger partial charge on any atom is -0.341 e. The average Bonchev–Trinajstić information content (AvgIpc) is 2.31. The Labute approximate surface area is 131 Å². The van der Waals surface area contributed by atoms with Crippen LogP contribution in [-0.2, 0) is 9.05 Å². The van der Waals surface area contributed by atoms with Crippen molar-refractivity contribution >= 4 is 41.6 Å². The highest BCUT2D eigenvalue weighted by atomic mass is 79.9. The fraction of sp³-hybridized carbons (Fsp3) is 0.462. The second kappa shape index (κ2) is 6.03. The molecule has 1 amide bonds. The van der Waals surface area contributed by atoms with Crippen molar-refractivity contribution in [1.82, 2.24) is 4.90 Å². The molecule has 1 aliphatic carbocycles. The van der Waals surface area contributed by atoms with Crippen molar-refractivity contribution < 1.29 is 13.2 Å². The van der Waals surface area contributed by atoms with Gasteiger partial charge < -0.3 is 4.90 Å². The van der Waals surface area contributed by atoms with Gasteiger partial charge in [0.15, 0.2) is 0 Å². The van der Waals surface area contributed by atoms with Crippen molar-refractivity contribution in [3.05, 3.63) is 28.2 Å². The van der Waals surface area contributed by atoms with Crippen molar-refractivity contribution in [3.8, 4) is 0 Å². The minimum absolute atomic E-state index is 0.0814. The SMILES string of the molecule is CN(CC1CCC1)C(=O)c1ccc(Br)c(S(=O)(=O)Cl)c1. The molecular formula is C13H15BrClNO3S. The minimum atomic E-state index is -3.88. The van der Waals surface area contributed by atoms with Crippen LogP contribution in [0.15, 0.2) is 27.6 Å². The Balaban J connectivity index is 2.21. The molecule has 0 N–H and O–H groups in total. The average molecular weight is 381 g/mol. The zero-order valence-corrected chi connectivity index (χ0v) is 14.1. The van der Waals surface area contributed by atoms with E-state index in [1.54, 1.807) is 18.0 Å². The summed E-state index contributed by atoms with van der Waals surface area (Å²) in [5.41, 5.74) is 0.328. The molecular weight excluding hydrogens is 366 g/mol. The van der Waals surface area contributed by atoms with Crippen LogP contribution in [0.5, 0.6) is 0 Å². The van der Waals surface area contributed by atoms with E-state index in [1.165, 1.54) is 18.6 Å². The van der Waals surface area contributed by atoms with Gasteiger partial charge in [0.1, 0.15) is 0 Å². The first kappa shape index (κ1) is 15.8. The standard InChI is InChI=1S/C13H15BrClNO3S/c1-16(8-9-3-2-4-9)13(17)10-5-6-11(14)12(7-10)20(15,18)19/h5-7,9H,2-4,8H2,1H3. The lowest BCUT2D eigenvalue weighted by molar-refractivity contribution is 0.0745. The molecule has 1 aliphatic rings. The second-order valence-electron chi connectivity index (χ2n) is 5.07. The normalized spacial score (nSPS) is 15.8. The maximum absolute atomic E-state index is 12.3. The Kier molecular flexibility index (Phi) is 4.76. The third-order valence-corrected chi connectivity index (χ3v) is 5.86. The van der Waals surface area contributed by atoms with Gasteiger partial charge in [-0.3, -0.25) is 4.79 Å². The van der Waals surface area contributed by atoms with Gasteiger partial charge in [-0.2, -0.15) is 0 Å². The van der Waals surface area contributed by atoms with E-state index >= 15 is 0 Å². The molecule has 0 spiro atoms. The van der Waals surface area contributed by atoms with Gasteiger partial charge in [0, 0.05) is 34.3 Å². The summed E-state index contributed by atoms with van der Waals surface area (Å²) in [6.07, 6.45) is 3.53. The molecule has 0 atom stereocenters. The van der Waals surface area contributed by atoms with Gasteiger partial charge in [0.05, 0.1) is 4.90 Å². The highest BCUT2D eigenvalue weighted by Crippen LogP contribution is 2.29. The summed E-state index contributed by atoms with van der Waals surface area (Å²) in [7, 11) is 3.21. The van der Waals surface area contributed by atoms with Crippen LogP contribution in [0.4, 0.5) is 0 Å². The third-order valence-electron chi connectivity index (χ3n) is 3.54. The van der Waals surface area contributed by atoms with Crippen LogP contribution in [0.2, 0.25) is 0 Å². The largest absolute Gasteiger partial charge is 0.341 e. The van der Waals surface area contributed by atoms with Gasteiger partial charge in [-0.15, -0.1) is 0 Å². The number of carbonyl (C=O) groups is 1. The molecule has 0 radical (unpaired) electrons. The Morgan fingerprint density at radius 3 is 2.60 bits per heavy atom. The van der Waals surface area contributed by atoms with E-state index in [1.807, 2.05) is 0 Å². The molecule has 1 saturated carbocycles. The molecule has 7 heteroatoms. The van der Waals surface area contributed by atoms with E-state index in [0.717, 1.165) is 12.8 Å². The molecule has 110 valence electrons. The number of rotatable bonds is 4. The van der Waals surface area contributed by atoms with Crippen molar-refractivity contribution in [2.75, 3.05) is 13.6 Å². The molecule has 1 aromatic rings. The molecule has 4 nitrogen and oxygen atoms in total. The Morgan fingerprint density at radius 1 is 1.45 bits per heavy atom. The number of nitrogens with zero attached hydrogens (tertiary/aromatic N) is 1. The molecule has 0 bridgehead atoms. The number of hydrogen-bond donors (Lipinski definition) is 0. The topological polar surface area (TPSA) is 54.5 Å². The molecule has 0 aliphatic heterocycles. The first-order valence-electron chi connectivity index (χ1n) is 6.28. The number of hydrogen-bond acceptors (Lipinski definition) is 3. The molecule has 20 heavy (non-hydrogen) atoms. The number of amides is 1. The quantitative estimate of drug-likeness (QED) is 0.753. The van der Waals surface area contributed by atoms with Gasteiger partial charge in [0.2, 0.25) is 0 Å². The number of carbonyl (C=O) groups excluding carboxylic acids is 1. The van der Waals surface area contributed by atoms with Gasteiger partial charge in [0.25, 0.3) is 15.0 Å². The van der Waals surface area contributed by atoms with E-state index < -0.39 is 9.05 Å². The Bertz CT molecular complexity index is 629. The molecule has 2 rings (SSSR count). The van der Waals surface area contributed by atoms with Crippen molar-refractivity contribution in [2.45, 2.75) is 24.2 Å². The second-order valence-corrected chi connectivity index (χ2v) is 8.45. The summed E-state index contributed by atoms with van der Waals surface area (Å²) >= 11 is 3.12. The smallest absolute Gasteiger partial charge is 0.262 e. The van der Waals surface area contributed by atoms with Gasteiger partial charge in [-0.1, -0.05) is 6.42 Å². The molecule has 0 saturated heterocycles. The maximum Gasteiger partial charge on any atom is 0.262 e. The van der Waals surface area contributed by atoms with E-state index in [2.05, 4.69) is 15.9 Å². The third kappa shape index (κ3) is 3.54. The number of benzene rings is 1. The zero-order chi connectivity index (χ0) is 14.9. The highest BCUT2D eigenvalue weighted by Gasteiger charge is 2.23. The van der Waals surface area contributed by atoms with E-state index in [-0.39, 0.29) is 10.8 Å². The summed E-state index contributed by atoms with van der Waals surface area (Å²) < 4.78 is 23.2. The summed E-state index contributed by atoms with van der Waals surface area (Å²) in [6.45, 7) is 0.706. The summed E-state index contributed by atoms with van der Waals surface area (Å²) in [5.74, 6) is 0.376. The van der Waals surface area contributed by atoms with Gasteiger partial charge >= 0.3 is 0 Å². The predicted octanol–water partition coefficient (Wildman–Crippen LogP) is 3.25. The summed E-state index contributed by atoms with van der Waals surface area (Å²) in [4.78, 5) is 13.8. The van der Waals surface area contributed by atoms with Crippen LogP contribution in [-0.4, -0.2) is 32.8 Å². The van der Waals surface area contributed by atoms with E-state index in [9.17, 15) is 13.2 Å². The monoisotopic (exact) mass is 379 g/mol. The lowest BCUT2D eigenvalue weighted by Crippen LogP contribution is -2.34. The summed E-state index contributed by atoms with van der Waals surface area (Å²) in [6, 6.07) is 4.43. The maximum atomic E-state index is 12.3. The zero-order valence-electron chi connectivity index (χ0n) is 11.0. The van der Waals surface area contributed by atoms with Gasteiger partial charge in [-0.05, 0) is 52.9 Å². The fourth-order valence-corrected chi connectivity index (χ4v) is 4.31. The molecule has 1 fully saturated rings. The lowest BCUT2D eigenvalue weighted by atomic mass is 9.85. The van der Waals surface area contributed by atoms with Crippen LogP contribution in [0.25, 0.3) is 0 Å². The van der Waals surface area contributed by atoms with E-state index in [4.69, 9.17) is 10.7 Å². The van der Waals surface area contributed by atoms with Crippen molar-refractivity contribution in [1.29, 1.82) is 0 Å². The highest BCUT2D eigenvalue weighted by molar-refractivity contribution is 9.10. The van der Waals surface area contributed by atoms with Crippen LogP contribution < -0.4 is 0 Å². The molecule has 0 unspecified atom stereocenters. The van der Waals surface area contributed by atoms with Crippen molar-refractivity contribution in [3.63, 3.8) is 0 Å². The van der Waals surface area contributed by atoms with E-state index in [0.29, 0.717) is 22.5 Å². The Morgan fingerprint density at radius 2 is 2.10 bits per heavy atom. The predicted molar refractivity (Wildman–Crippen MR) is 81.5 cm³/mol. The number of halogens is 2. The van der Waals surface area contributed by atoms with Crippen LogP contribution >= 0.6 is 26.6 Å². The molecule has 0 heterocycles. The first-order valence-corrected chi connectivity index (χ1v) is 9.39. The fourth-order valence-electron chi connectivity index (χ4n) is 2.19.